The van der Waals surface area contributed by atoms with E-state index in [1.165, 1.54) is 0 Å². The van der Waals surface area contributed by atoms with E-state index in [0.29, 0.717) is 6.42 Å². The summed E-state index contributed by atoms with van der Waals surface area (Å²) in [6.07, 6.45) is -0.309. The van der Waals surface area contributed by atoms with Gasteiger partial charge in [0.05, 0.1) is 0 Å². The lowest BCUT2D eigenvalue weighted by Gasteiger charge is -2.26. The molecule has 2 aromatic rings. The molecule has 0 aliphatic heterocycles. The zero-order valence-electron chi connectivity index (χ0n) is 16.8. The van der Waals surface area contributed by atoms with Crippen molar-refractivity contribution in [1.82, 2.24) is 10.4 Å². The molecule has 0 bridgehead atoms. The fourth-order valence-electron chi connectivity index (χ4n) is 2.53. The van der Waals surface area contributed by atoms with E-state index in [9.17, 15) is 9.59 Å². The van der Waals surface area contributed by atoms with Crippen molar-refractivity contribution in [3.05, 3.63) is 71.8 Å². The minimum absolute atomic E-state index is 0.258. The van der Waals surface area contributed by atoms with Crippen LogP contribution in [-0.4, -0.2) is 35.8 Å². The summed E-state index contributed by atoms with van der Waals surface area (Å²) >= 11 is 0. The van der Waals surface area contributed by atoms with Crippen molar-refractivity contribution >= 4 is 12.0 Å². The third-order valence-corrected chi connectivity index (χ3v) is 3.85. The van der Waals surface area contributed by atoms with Gasteiger partial charge in [0, 0.05) is 13.5 Å². The summed E-state index contributed by atoms with van der Waals surface area (Å²) in [5.41, 5.74) is 1.22. The molecule has 0 unspecified atom stereocenters. The Morgan fingerprint density at radius 3 is 2.04 bits per heavy atom. The number of nitrogens with one attached hydrogen (secondary N) is 1. The van der Waals surface area contributed by atoms with E-state index in [1.807, 2.05) is 60.7 Å². The molecule has 0 fully saturated rings. The van der Waals surface area contributed by atoms with Gasteiger partial charge in [-0.2, -0.15) is 0 Å². The average Bonchev–Trinajstić information content (AvgIpc) is 2.65. The van der Waals surface area contributed by atoms with E-state index in [-0.39, 0.29) is 12.5 Å². The molecular weight excluding hydrogens is 356 g/mol. The van der Waals surface area contributed by atoms with Crippen molar-refractivity contribution in [1.29, 1.82) is 0 Å². The molecule has 150 valence electrons. The number of hydrogen-bond donors (Lipinski definition) is 1. The number of alkyl carbamates (subject to hydrolysis) is 1. The lowest BCUT2D eigenvalue weighted by atomic mass is 10.1. The molecule has 2 aromatic carbocycles. The number of hydrogen-bond acceptors (Lipinski definition) is 4. The summed E-state index contributed by atoms with van der Waals surface area (Å²) < 4.78 is 5.30. The van der Waals surface area contributed by atoms with Gasteiger partial charge in [0.25, 0.3) is 5.91 Å². The summed E-state index contributed by atoms with van der Waals surface area (Å²) in [4.78, 5) is 30.7. The monoisotopic (exact) mass is 384 g/mol. The van der Waals surface area contributed by atoms with Crippen LogP contribution >= 0.6 is 0 Å². The molecule has 0 radical (unpaired) electrons. The first-order valence-electron chi connectivity index (χ1n) is 9.22. The van der Waals surface area contributed by atoms with E-state index in [4.69, 9.17) is 9.57 Å². The Morgan fingerprint density at radius 1 is 0.964 bits per heavy atom. The van der Waals surface area contributed by atoms with Crippen LogP contribution in [0.5, 0.6) is 0 Å². The van der Waals surface area contributed by atoms with Crippen molar-refractivity contribution in [2.45, 2.75) is 45.4 Å². The molecule has 1 atom stereocenters. The van der Waals surface area contributed by atoms with Crippen LogP contribution in [-0.2, 0) is 27.4 Å². The number of likely N-dealkylation sites (N-methyl/N-ethyl adjacent to an activating group) is 1. The summed E-state index contributed by atoms with van der Waals surface area (Å²) in [5.74, 6) is -0.356. The standard InChI is InChI=1S/C22H28N2O4/c1-22(2,3)28-21(26)23-19(15-17-11-7-5-8-12-17)20(25)24(4)27-16-18-13-9-6-10-14-18/h5-14,19H,15-16H2,1-4H3,(H,23,26)/t19-/m0/s1. The van der Waals surface area contributed by atoms with E-state index in [0.717, 1.165) is 16.2 Å². The summed E-state index contributed by atoms with van der Waals surface area (Å²) in [7, 11) is 1.54. The highest BCUT2D eigenvalue weighted by atomic mass is 16.7. The van der Waals surface area contributed by atoms with Crippen LogP contribution in [0, 0.1) is 0 Å². The predicted octanol–water partition coefficient (Wildman–Crippen LogP) is 3.71. The zero-order chi connectivity index (χ0) is 20.6. The smallest absolute Gasteiger partial charge is 0.408 e. The minimum atomic E-state index is -0.807. The van der Waals surface area contributed by atoms with Crippen molar-refractivity contribution in [3.8, 4) is 0 Å². The number of hydroxylamine groups is 2. The highest BCUT2D eigenvalue weighted by Gasteiger charge is 2.27. The quantitative estimate of drug-likeness (QED) is 0.739. The van der Waals surface area contributed by atoms with Gasteiger partial charge < -0.3 is 10.1 Å². The molecule has 0 spiro atoms. The topological polar surface area (TPSA) is 67.9 Å². The maximum atomic E-state index is 12.9. The van der Waals surface area contributed by atoms with Gasteiger partial charge in [-0.15, -0.1) is 0 Å². The normalized spacial score (nSPS) is 12.1. The second-order valence-corrected chi connectivity index (χ2v) is 7.48. The van der Waals surface area contributed by atoms with Gasteiger partial charge in [-0.05, 0) is 31.9 Å². The highest BCUT2D eigenvalue weighted by molar-refractivity contribution is 5.85. The van der Waals surface area contributed by atoms with E-state index >= 15 is 0 Å². The average molecular weight is 384 g/mol. The molecule has 0 aliphatic rings. The van der Waals surface area contributed by atoms with Gasteiger partial charge >= 0.3 is 6.09 Å². The Labute approximate surface area is 166 Å². The van der Waals surface area contributed by atoms with Gasteiger partial charge in [0.2, 0.25) is 0 Å². The zero-order valence-corrected chi connectivity index (χ0v) is 16.8. The Balaban J connectivity index is 2.05. The first-order valence-corrected chi connectivity index (χ1v) is 9.22. The molecule has 6 heteroatoms. The van der Waals surface area contributed by atoms with Gasteiger partial charge in [-0.3, -0.25) is 9.63 Å². The number of ether oxygens (including phenoxy) is 1. The van der Waals surface area contributed by atoms with Crippen molar-refractivity contribution in [2.75, 3.05) is 7.05 Å². The molecule has 0 heterocycles. The van der Waals surface area contributed by atoms with Crippen molar-refractivity contribution < 1.29 is 19.2 Å². The highest BCUT2D eigenvalue weighted by Crippen LogP contribution is 2.11. The lowest BCUT2D eigenvalue weighted by Crippen LogP contribution is -2.49. The van der Waals surface area contributed by atoms with Crippen LogP contribution in [0.4, 0.5) is 4.79 Å². The molecular formula is C22H28N2O4. The fraction of sp³-hybridized carbons (Fsp3) is 0.364. The number of nitrogens with zero attached hydrogens (tertiary/aromatic N) is 1. The SMILES string of the molecule is CN(OCc1ccccc1)C(=O)[C@H](Cc1ccccc1)NC(=O)OC(C)(C)C. The second-order valence-electron chi connectivity index (χ2n) is 7.48. The first-order chi connectivity index (χ1) is 13.2. The van der Waals surface area contributed by atoms with E-state index < -0.39 is 17.7 Å². The number of carbonyl (C=O) groups is 2. The molecule has 1 N–H and O–H groups in total. The third-order valence-electron chi connectivity index (χ3n) is 3.85. The Bertz CT molecular complexity index is 757. The molecule has 28 heavy (non-hydrogen) atoms. The molecule has 2 amide bonds. The molecule has 0 saturated carbocycles. The van der Waals surface area contributed by atoms with Crippen LogP contribution in [0.1, 0.15) is 31.9 Å². The largest absolute Gasteiger partial charge is 0.444 e. The molecule has 0 saturated heterocycles. The number of carbonyl (C=O) groups excluding carboxylic acids is 2. The van der Waals surface area contributed by atoms with Crippen molar-refractivity contribution in [3.63, 3.8) is 0 Å². The molecule has 0 aromatic heterocycles. The van der Waals surface area contributed by atoms with Gasteiger partial charge in [-0.25, -0.2) is 9.86 Å². The maximum absolute atomic E-state index is 12.9. The van der Waals surface area contributed by atoms with Crippen LogP contribution in [0.25, 0.3) is 0 Å². The lowest BCUT2D eigenvalue weighted by molar-refractivity contribution is -0.184. The van der Waals surface area contributed by atoms with Crippen molar-refractivity contribution in [2.24, 2.45) is 0 Å². The summed E-state index contributed by atoms with van der Waals surface area (Å²) in [5, 5.41) is 3.83. The van der Waals surface area contributed by atoms with Crippen LogP contribution in [0.2, 0.25) is 0 Å². The minimum Gasteiger partial charge on any atom is -0.444 e. The summed E-state index contributed by atoms with van der Waals surface area (Å²) in [6.45, 7) is 5.58. The first kappa shape index (κ1) is 21.4. The molecule has 2 rings (SSSR count). The van der Waals surface area contributed by atoms with Gasteiger partial charge in [0.1, 0.15) is 18.2 Å². The van der Waals surface area contributed by atoms with Gasteiger partial charge in [0.15, 0.2) is 0 Å². The number of rotatable bonds is 7. The fourth-order valence-corrected chi connectivity index (χ4v) is 2.53. The number of benzene rings is 2. The Kier molecular flexibility index (Phi) is 7.58. The molecule has 6 nitrogen and oxygen atoms in total. The maximum Gasteiger partial charge on any atom is 0.408 e. The second kappa shape index (κ2) is 9.90. The van der Waals surface area contributed by atoms with Crippen LogP contribution in [0.3, 0.4) is 0 Å². The third kappa shape index (κ3) is 7.40. The van der Waals surface area contributed by atoms with E-state index in [2.05, 4.69) is 5.32 Å². The predicted molar refractivity (Wildman–Crippen MR) is 107 cm³/mol. The Morgan fingerprint density at radius 2 is 1.50 bits per heavy atom. The Hall–Kier alpha value is -2.86. The van der Waals surface area contributed by atoms with Crippen LogP contribution < -0.4 is 5.32 Å². The van der Waals surface area contributed by atoms with Gasteiger partial charge in [-0.1, -0.05) is 60.7 Å². The van der Waals surface area contributed by atoms with Crippen LogP contribution in [0.15, 0.2) is 60.7 Å². The number of amides is 2. The summed E-state index contributed by atoms with van der Waals surface area (Å²) in [6, 6.07) is 18.2. The molecule has 0 aliphatic carbocycles. The van der Waals surface area contributed by atoms with E-state index in [1.54, 1.807) is 27.8 Å².